The number of likely N-dealkylation sites (N-methyl/N-ethyl adjacent to an activating group) is 1. The van der Waals surface area contributed by atoms with E-state index >= 15 is 0 Å². The van der Waals surface area contributed by atoms with E-state index in [0.29, 0.717) is 45.0 Å². The van der Waals surface area contributed by atoms with E-state index in [4.69, 9.17) is 16.3 Å². The molecular weight excluding hydrogens is 498 g/mol. The highest BCUT2D eigenvalue weighted by Gasteiger charge is 2.29. The third-order valence-corrected chi connectivity index (χ3v) is 7.94. The highest BCUT2D eigenvalue weighted by atomic mass is 35.5. The topological polar surface area (TPSA) is 139 Å². The Bertz CT molecular complexity index is 1450. The summed E-state index contributed by atoms with van der Waals surface area (Å²) in [7, 11) is -1.86. The summed E-state index contributed by atoms with van der Waals surface area (Å²) in [6.45, 7) is 4.27. The number of ether oxygens (including phenoxy) is 1. The van der Waals surface area contributed by atoms with Crippen LogP contribution in [0.4, 0.5) is 5.69 Å². The Balaban J connectivity index is 1.85. The molecule has 0 saturated carbocycles. The predicted molar refractivity (Wildman–Crippen MR) is 132 cm³/mol. The highest BCUT2D eigenvalue weighted by molar-refractivity contribution is 7.89. The van der Waals surface area contributed by atoms with E-state index in [2.05, 4.69) is 14.9 Å². The van der Waals surface area contributed by atoms with Crippen molar-refractivity contribution >= 4 is 38.2 Å². The fourth-order valence-corrected chi connectivity index (χ4v) is 5.46. The van der Waals surface area contributed by atoms with Crippen molar-refractivity contribution in [2.75, 3.05) is 39.8 Å². The van der Waals surface area contributed by atoms with Crippen molar-refractivity contribution in [1.82, 2.24) is 19.2 Å². The zero-order chi connectivity index (χ0) is 25.3. The molecule has 1 saturated heterocycles. The van der Waals surface area contributed by atoms with Gasteiger partial charge in [0.25, 0.3) is 11.2 Å². The van der Waals surface area contributed by atoms with Gasteiger partial charge in [-0.2, -0.15) is 4.31 Å². The van der Waals surface area contributed by atoms with Crippen molar-refractivity contribution in [3.05, 3.63) is 55.8 Å². The van der Waals surface area contributed by atoms with Gasteiger partial charge >= 0.3 is 0 Å². The molecule has 1 fully saturated rings. The molecule has 0 atom stereocenters. The van der Waals surface area contributed by atoms with Crippen LogP contribution in [-0.2, 0) is 10.0 Å². The van der Waals surface area contributed by atoms with Crippen molar-refractivity contribution in [3.63, 3.8) is 0 Å². The molecule has 1 N–H and O–H groups in total. The van der Waals surface area contributed by atoms with Gasteiger partial charge in [0.15, 0.2) is 0 Å². The van der Waals surface area contributed by atoms with E-state index in [0.717, 1.165) is 6.07 Å². The van der Waals surface area contributed by atoms with Gasteiger partial charge in [-0.3, -0.25) is 14.9 Å². The van der Waals surface area contributed by atoms with Gasteiger partial charge in [-0.1, -0.05) is 18.5 Å². The van der Waals surface area contributed by atoms with Crippen molar-refractivity contribution in [2.45, 2.75) is 18.2 Å². The number of nitro groups is 1. The van der Waals surface area contributed by atoms with Crippen LogP contribution < -0.4 is 10.3 Å². The number of nitro benzene ring substituents is 1. The number of fused-ring (bicyclic) bond motifs is 1. The first-order valence-corrected chi connectivity index (χ1v) is 12.8. The molecule has 1 aromatic heterocycles. The summed E-state index contributed by atoms with van der Waals surface area (Å²) >= 11 is 6.02. The number of benzene rings is 2. The minimum atomic E-state index is -3.79. The predicted octanol–water partition coefficient (Wildman–Crippen LogP) is 2.88. The number of hydrogen-bond acceptors (Lipinski definition) is 8. The van der Waals surface area contributed by atoms with E-state index in [1.165, 1.54) is 22.5 Å². The molecule has 13 heteroatoms. The standard InChI is InChI=1S/C22H24ClN5O6S/c1-3-10-34-20-5-4-14(35(32,33)27-8-6-26(2)7-9-27)11-16(20)21-24-18-13-17(23)19(28(30)31)12-15(18)22(29)25-21/h4-5,11-13H,3,6-10H2,1-2H3,(H,24,25,29). The lowest BCUT2D eigenvalue weighted by atomic mass is 10.1. The van der Waals surface area contributed by atoms with Crippen LogP contribution >= 0.6 is 11.6 Å². The Morgan fingerprint density at radius 1 is 1.20 bits per heavy atom. The van der Waals surface area contributed by atoms with Gasteiger partial charge in [-0.05, 0) is 37.7 Å². The van der Waals surface area contributed by atoms with Crippen LogP contribution in [-0.4, -0.2) is 72.3 Å². The van der Waals surface area contributed by atoms with E-state index in [9.17, 15) is 23.3 Å². The molecule has 4 rings (SSSR count). The number of halogens is 1. The fourth-order valence-electron chi connectivity index (χ4n) is 3.79. The molecule has 0 bridgehead atoms. The Morgan fingerprint density at radius 2 is 1.91 bits per heavy atom. The largest absolute Gasteiger partial charge is 0.493 e. The van der Waals surface area contributed by atoms with Gasteiger partial charge in [0.2, 0.25) is 10.0 Å². The third kappa shape index (κ3) is 5.01. The van der Waals surface area contributed by atoms with Crippen molar-refractivity contribution in [3.8, 4) is 17.1 Å². The number of aromatic amines is 1. The summed E-state index contributed by atoms with van der Waals surface area (Å²) in [6, 6.07) is 6.75. The number of hydrogen-bond donors (Lipinski definition) is 1. The van der Waals surface area contributed by atoms with Crippen LogP contribution in [0.25, 0.3) is 22.3 Å². The molecule has 1 aliphatic rings. The summed E-state index contributed by atoms with van der Waals surface area (Å²) < 4.78 is 33.9. The summed E-state index contributed by atoms with van der Waals surface area (Å²) in [5.41, 5.74) is -0.625. The van der Waals surface area contributed by atoms with Gasteiger partial charge in [-0.25, -0.2) is 13.4 Å². The Morgan fingerprint density at radius 3 is 2.57 bits per heavy atom. The van der Waals surface area contributed by atoms with Gasteiger partial charge in [-0.15, -0.1) is 0 Å². The van der Waals surface area contributed by atoms with Crippen LogP contribution in [0.1, 0.15) is 13.3 Å². The summed E-state index contributed by atoms with van der Waals surface area (Å²) in [5.74, 6) is 0.411. The van der Waals surface area contributed by atoms with Crippen molar-refractivity contribution < 1.29 is 18.1 Å². The van der Waals surface area contributed by atoms with Gasteiger partial charge in [0, 0.05) is 32.2 Å². The maximum absolute atomic E-state index is 13.3. The molecule has 1 aliphatic heterocycles. The second-order valence-electron chi connectivity index (χ2n) is 8.21. The number of H-pyrrole nitrogens is 1. The zero-order valence-electron chi connectivity index (χ0n) is 19.2. The van der Waals surface area contributed by atoms with E-state index in [-0.39, 0.29) is 32.2 Å². The zero-order valence-corrected chi connectivity index (χ0v) is 20.7. The van der Waals surface area contributed by atoms with Gasteiger partial charge in [0.1, 0.15) is 16.6 Å². The lowest BCUT2D eigenvalue weighted by molar-refractivity contribution is -0.384. The smallest absolute Gasteiger partial charge is 0.288 e. The third-order valence-electron chi connectivity index (χ3n) is 5.74. The molecule has 2 heterocycles. The molecule has 0 amide bonds. The Kier molecular flexibility index (Phi) is 7.08. The highest BCUT2D eigenvalue weighted by Crippen LogP contribution is 2.33. The summed E-state index contributed by atoms with van der Waals surface area (Å²) in [6.07, 6.45) is 0.710. The number of aromatic nitrogens is 2. The minimum absolute atomic E-state index is 0.0120. The number of nitrogens with zero attached hydrogens (tertiary/aromatic N) is 4. The van der Waals surface area contributed by atoms with Crippen molar-refractivity contribution in [1.29, 1.82) is 0 Å². The second kappa shape index (κ2) is 9.90. The number of sulfonamides is 1. The first kappa shape index (κ1) is 25.0. The molecular formula is C22H24ClN5O6S. The molecule has 0 radical (unpaired) electrons. The van der Waals surface area contributed by atoms with Crippen LogP contribution in [0, 0.1) is 10.1 Å². The average molecular weight is 522 g/mol. The van der Waals surface area contributed by atoms with E-state index in [1.54, 1.807) is 6.07 Å². The summed E-state index contributed by atoms with van der Waals surface area (Å²) in [4.78, 5) is 32.5. The molecule has 0 aliphatic carbocycles. The monoisotopic (exact) mass is 521 g/mol. The van der Waals surface area contributed by atoms with Crippen LogP contribution in [0.2, 0.25) is 5.02 Å². The fraction of sp³-hybridized carbons (Fsp3) is 0.364. The first-order chi connectivity index (χ1) is 16.6. The SMILES string of the molecule is CCCOc1ccc(S(=O)(=O)N2CCN(C)CC2)cc1-c1nc2cc(Cl)c([N+](=O)[O-])cc2c(=O)[nH]1. The van der Waals surface area contributed by atoms with Gasteiger partial charge < -0.3 is 14.6 Å². The minimum Gasteiger partial charge on any atom is -0.493 e. The van der Waals surface area contributed by atoms with Crippen LogP contribution in [0.5, 0.6) is 5.75 Å². The molecule has 186 valence electrons. The number of piperazine rings is 1. The Labute approximate surface area is 206 Å². The summed E-state index contributed by atoms with van der Waals surface area (Å²) in [5, 5.41) is 11.0. The number of nitrogens with one attached hydrogen (secondary N) is 1. The van der Waals surface area contributed by atoms with E-state index < -0.39 is 26.2 Å². The lowest BCUT2D eigenvalue weighted by Gasteiger charge is -2.31. The molecule has 35 heavy (non-hydrogen) atoms. The molecule has 0 unspecified atom stereocenters. The molecule has 2 aromatic carbocycles. The lowest BCUT2D eigenvalue weighted by Crippen LogP contribution is -2.47. The quantitative estimate of drug-likeness (QED) is 0.370. The second-order valence-corrected chi connectivity index (χ2v) is 10.6. The van der Waals surface area contributed by atoms with Crippen molar-refractivity contribution in [2.24, 2.45) is 0 Å². The molecule has 11 nitrogen and oxygen atoms in total. The first-order valence-electron chi connectivity index (χ1n) is 11.0. The number of rotatable bonds is 7. The maximum Gasteiger partial charge on any atom is 0.288 e. The Hall–Kier alpha value is -3.06. The van der Waals surface area contributed by atoms with Crippen LogP contribution in [0.15, 0.2) is 40.0 Å². The normalized spacial score (nSPS) is 15.4. The van der Waals surface area contributed by atoms with Gasteiger partial charge in [0.05, 0.1) is 32.9 Å². The average Bonchev–Trinajstić information content (AvgIpc) is 2.82. The molecule has 0 spiro atoms. The maximum atomic E-state index is 13.3. The van der Waals surface area contributed by atoms with Crippen LogP contribution in [0.3, 0.4) is 0 Å². The molecule has 3 aromatic rings. The van der Waals surface area contributed by atoms with E-state index in [1.807, 2.05) is 14.0 Å².